The first-order chi connectivity index (χ1) is 7.56. The molecule has 0 bridgehead atoms. The topological polar surface area (TPSA) is 24.1 Å². The largest absolute Gasteiger partial charge is 0.362 e. The van der Waals surface area contributed by atoms with E-state index in [4.69, 9.17) is 35.4 Å². The van der Waals surface area contributed by atoms with Gasteiger partial charge in [0, 0.05) is 11.0 Å². The van der Waals surface area contributed by atoms with Crippen molar-refractivity contribution in [2.75, 3.05) is 11.9 Å². The average molecular weight is 342 g/mol. The first-order valence-electron chi connectivity index (χ1n) is 4.74. The Kier molecular flexibility index (Phi) is 5.83. The van der Waals surface area contributed by atoms with Crippen LogP contribution in [0.1, 0.15) is 13.3 Å². The lowest BCUT2D eigenvalue weighted by molar-refractivity contribution is 0.846. The number of hydrogen-bond acceptors (Lipinski definition) is 1. The Labute approximate surface area is 119 Å². The summed E-state index contributed by atoms with van der Waals surface area (Å²) in [4.78, 5) is 0. The van der Waals surface area contributed by atoms with Crippen molar-refractivity contribution < 1.29 is 0 Å². The van der Waals surface area contributed by atoms with Crippen molar-refractivity contribution in [1.29, 1.82) is 0 Å². The van der Waals surface area contributed by atoms with Crippen LogP contribution in [0.15, 0.2) is 16.6 Å². The average Bonchev–Trinajstić information content (AvgIpc) is 2.27. The maximum Gasteiger partial charge on any atom is 0.170 e. The molecular formula is C10H11BrCl2N2S. The van der Waals surface area contributed by atoms with Gasteiger partial charge in [0.25, 0.3) is 0 Å². The molecule has 1 rings (SSSR count). The van der Waals surface area contributed by atoms with Crippen molar-refractivity contribution in [2.45, 2.75) is 13.3 Å². The number of thiocarbonyl (C=S) groups is 1. The van der Waals surface area contributed by atoms with Crippen molar-refractivity contribution in [3.8, 4) is 0 Å². The summed E-state index contributed by atoms with van der Waals surface area (Å²) in [6.07, 6.45) is 1.01. The minimum absolute atomic E-state index is 0.455. The highest BCUT2D eigenvalue weighted by atomic mass is 79.9. The Hall–Kier alpha value is -0.0300. The van der Waals surface area contributed by atoms with E-state index in [0.29, 0.717) is 20.8 Å². The third-order valence-corrected chi connectivity index (χ3v) is 3.84. The fourth-order valence-corrected chi connectivity index (χ4v) is 2.06. The monoisotopic (exact) mass is 340 g/mol. The summed E-state index contributed by atoms with van der Waals surface area (Å²) in [5, 5.41) is 7.52. The predicted octanol–water partition coefficient (Wildman–Crippen LogP) is 4.45. The maximum absolute atomic E-state index is 6.06. The van der Waals surface area contributed by atoms with E-state index in [2.05, 4.69) is 33.5 Å². The number of benzene rings is 1. The highest BCUT2D eigenvalue weighted by Crippen LogP contribution is 2.35. The molecule has 0 fully saturated rings. The van der Waals surface area contributed by atoms with Crippen LogP contribution < -0.4 is 10.6 Å². The number of rotatable bonds is 3. The molecule has 0 saturated carbocycles. The smallest absolute Gasteiger partial charge is 0.170 e. The molecule has 0 aliphatic heterocycles. The Balaban J connectivity index is 2.74. The van der Waals surface area contributed by atoms with Gasteiger partial charge in [0.1, 0.15) is 0 Å². The summed E-state index contributed by atoms with van der Waals surface area (Å²) in [6, 6.07) is 3.64. The molecule has 16 heavy (non-hydrogen) atoms. The molecule has 88 valence electrons. The van der Waals surface area contributed by atoms with Gasteiger partial charge in [-0.25, -0.2) is 0 Å². The number of halogens is 3. The number of nitrogens with one attached hydrogen (secondary N) is 2. The zero-order chi connectivity index (χ0) is 12.1. The Bertz CT molecular complexity index is 399. The first kappa shape index (κ1) is 14.0. The standard InChI is InChI=1S/C10H11BrCl2N2S/c1-2-5-14-10(16)15-7-4-3-6(11)8(12)9(7)13/h3-4H,2,5H2,1H3,(H2,14,15,16). The van der Waals surface area contributed by atoms with Crippen LogP contribution in [-0.2, 0) is 0 Å². The van der Waals surface area contributed by atoms with Crippen LogP contribution in [0, 0.1) is 0 Å². The SMILES string of the molecule is CCCNC(=S)Nc1ccc(Br)c(Cl)c1Cl. The van der Waals surface area contributed by atoms with Crippen molar-refractivity contribution in [1.82, 2.24) is 5.32 Å². The van der Waals surface area contributed by atoms with Gasteiger partial charge in [-0.15, -0.1) is 0 Å². The van der Waals surface area contributed by atoms with Gasteiger partial charge in [-0.1, -0.05) is 30.1 Å². The van der Waals surface area contributed by atoms with Gasteiger partial charge in [0.05, 0.1) is 15.7 Å². The maximum atomic E-state index is 6.06. The molecule has 0 heterocycles. The van der Waals surface area contributed by atoms with Crippen LogP contribution in [0.4, 0.5) is 5.69 Å². The minimum atomic E-state index is 0.455. The molecule has 2 N–H and O–H groups in total. The summed E-state index contributed by atoms with van der Waals surface area (Å²) in [5.41, 5.74) is 0.698. The van der Waals surface area contributed by atoms with E-state index in [0.717, 1.165) is 17.4 Å². The number of hydrogen-bond donors (Lipinski definition) is 2. The minimum Gasteiger partial charge on any atom is -0.362 e. The Morgan fingerprint density at radius 2 is 2.06 bits per heavy atom. The van der Waals surface area contributed by atoms with Crippen molar-refractivity contribution in [3.63, 3.8) is 0 Å². The van der Waals surface area contributed by atoms with Gasteiger partial charge < -0.3 is 10.6 Å². The van der Waals surface area contributed by atoms with Crippen LogP contribution >= 0.6 is 51.3 Å². The molecule has 0 saturated heterocycles. The molecule has 0 unspecified atom stereocenters. The molecule has 0 amide bonds. The van der Waals surface area contributed by atoms with E-state index < -0.39 is 0 Å². The van der Waals surface area contributed by atoms with Gasteiger partial charge in [0.15, 0.2) is 5.11 Å². The zero-order valence-electron chi connectivity index (χ0n) is 8.61. The highest BCUT2D eigenvalue weighted by molar-refractivity contribution is 9.10. The third kappa shape index (κ3) is 3.77. The fraction of sp³-hybridized carbons (Fsp3) is 0.300. The molecule has 0 radical (unpaired) electrons. The molecule has 0 aliphatic carbocycles. The molecule has 1 aromatic carbocycles. The molecular weight excluding hydrogens is 331 g/mol. The second kappa shape index (κ2) is 6.64. The lowest BCUT2D eigenvalue weighted by Crippen LogP contribution is -2.29. The number of anilines is 1. The van der Waals surface area contributed by atoms with Crippen LogP contribution in [-0.4, -0.2) is 11.7 Å². The van der Waals surface area contributed by atoms with Crippen LogP contribution in [0.25, 0.3) is 0 Å². The van der Waals surface area contributed by atoms with Crippen LogP contribution in [0.2, 0.25) is 10.0 Å². The second-order valence-corrected chi connectivity index (χ2v) is 5.12. The van der Waals surface area contributed by atoms with Crippen LogP contribution in [0.3, 0.4) is 0 Å². The van der Waals surface area contributed by atoms with E-state index in [1.807, 2.05) is 12.1 Å². The predicted molar refractivity (Wildman–Crippen MR) is 78.7 cm³/mol. The van der Waals surface area contributed by atoms with Gasteiger partial charge in [-0.05, 0) is 46.7 Å². The lowest BCUT2D eigenvalue weighted by atomic mass is 10.3. The van der Waals surface area contributed by atoms with Gasteiger partial charge in [-0.3, -0.25) is 0 Å². The molecule has 2 nitrogen and oxygen atoms in total. The van der Waals surface area contributed by atoms with Gasteiger partial charge in [0.2, 0.25) is 0 Å². The van der Waals surface area contributed by atoms with E-state index in [-0.39, 0.29) is 0 Å². The summed E-state index contributed by atoms with van der Waals surface area (Å²) in [7, 11) is 0. The van der Waals surface area contributed by atoms with Crippen molar-refractivity contribution in [2.24, 2.45) is 0 Å². The molecule has 0 spiro atoms. The van der Waals surface area contributed by atoms with E-state index in [1.165, 1.54) is 0 Å². The zero-order valence-corrected chi connectivity index (χ0v) is 12.5. The Morgan fingerprint density at radius 3 is 2.69 bits per heavy atom. The fourth-order valence-electron chi connectivity index (χ4n) is 1.03. The van der Waals surface area contributed by atoms with Crippen LogP contribution in [0.5, 0.6) is 0 Å². The quantitative estimate of drug-likeness (QED) is 0.627. The Morgan fingerprint density at radius 1 is 1.38 bits per heavy atom. The van der Waals surface area contributed by atoms with E-state index >= 15 is 0 Å². The van der Waals surface area contributed by atoms with E-state index in [9.17, 15) is 0 Å². The first-order valence-corrected chi connectivity index (χ1v) is 6.70. The molecule has 0 aliphatic rings. The normalized spacial score (nSPS) is 10.0. The van der Waals surface area contributed by atoms with Gasteiger partial charge in [-0.2, -0.15) is 0 Å². The summed E-state index contributed by atoms with van der Waals surface area (Å²) >= 11 is 20.5. The molecule has 1 aromatic rings. The van der Waals surface area contributed by atoms with Gasteiger partial charge >= 0.3 is 0 Å². The van der Waals surface area contributed by atoms with Crippen molar-refractivity contribution in [3.05, 3.63) is 26.7 Å². The molecule has 0 atom stereocenters. The second-order valence-electron chi connectivity index (χ2n) is 3.10. The summed E-state index contributed by atoms with van der Waals surface area (Å²) < 4.78 is 0.761. The molecule has 6 heteroatoms. The van der Waals surface area contributed by atoms with Crippen molar-refractivity contribution >= 4 is 62.1 Å². The lowest BCUT2D eigenvalue weighted by Gasteiger charge is -2.12. The highest BCUT2D eigenvalue weighted by Gasteiger charge is 2.08. The van der Waals surface area contributed by atoms with E-state index in [1.54, 1.807) is 0 Å². The molecule has 0 aromatic heterocycles. The third-order valence-electron chi connectivity index (χ3n) is 1.82. The summed E-state index contributed by atoms with van der Waals surface area (Å²) in [5.74, 6) is 0. The summed E-state index contributed by atoms with van der Waals surface area (Å²) in [6.45, 7) is 2.90.